The number of benzene rings is 2. The molecule has 5 heteroatoms. The topological polar surface area (TPSA) is 56.7 Å². The molecule has 5 nitrogen and oxygen atoms in total. The molecule has 0 spiro atoms. The summed E-state index contributed by atoms with van der Waals surface area (Å²) < 4.78 is 7.84. The summed E-state index contributed by atoms with van der Waals surface area (Å²) >= 11 is 0. The second kappa shape index (κ2) is 5.35. The number of hydrogen-bond acceptors (Lipinski definition) is 4. The van der Waals surface area contributed by atoms with E-state index < -0.39 is 0 Å². The zero-order valence-corrected chi connectivity index (χ0v) is 13.0. The van der Waals surface area contributed by atoms with Gasteiger partial charge in [-0.05, 0) is 48.7 Å². The first kappa shape index (κ1) is 13.7. The molecule has 4 rings (SSSR count). The minimum Gasteiger partial charge on any atom is -0.436 e. The van der Waals surface area contributed by atoms with Crippen LogP contribution in [-0.2, 0) is 6.42 Å². The van der Waals surface area contributed by atoms with Crippen LogP contribution in [0.3, 0.4) is 0 Å². The van der Waals surface area contributed by atoms with E-state index in [0.29, 0.717) is 5.89 Å². The van der Waals surface area contributed by atoms with Gasteiger partial charge >= 0.3 is 0 Å². The predicted octanol–water partition coefficient (Wildman–Crippen LogP) is 3.95. The largest absolute Gasteiger partial charge is 0.436 e. The van der Waals surface area contributed by atoms with E-state index in [4.69, 9.17) is 4.42 Å². The number of hydrogen-bond donors (Lipinski definition) is 0. The number of fused-ring (bicyclic) bond motifs is 1. The molecule has 2 aromatic carbocycles. The lowest BCUT2D eigenvalue weighted by atomic mass is 10.1. The molecule has 0 aliphatic rings. The van der Waals surface area contributed by atoms with Crippen LogP contribution in [0.4, 0.5) is 0 Å². The summed E-state index contributed by atoms with van der Waals surface area (Å²) in [5.41, 5.74) is 6.04. The van der Waals surface area contributed by atoms with E-state index in [1.54, 1.807) is 12.7 Å². The molecule has 0 aliphatic heterocycles. The number of oxazole rings is 1. The van der Waals surface area contributed by atoms with Crippen molar-refractivity contribution < 1.29 is 4.42 Å². The number of nitrogens with zero attached hydrogens (tertiary/aromatic N) is 4. The highest BCUT2D eigenvalue weighted by Crippen LogP contribution is 2.30. The Morgan fingerprint density at radius 2 is 1.91 bits per heavy atom. The van der Waals surface area contributed by atoms with Crippen molar-refractivity contribution in [3.05, 3.63) is 60.2 Å². The fourth-order valence-corrected chi connectivity index (χ4v) is 2.77. The van der Waals surface area contributed by atoms with Crippen LogP contribution in [0.25, 0.3) is 28.2 Å². The third kappa shape index (κ3) is 2.30. The summed E-state index contributed by atoms with van der Waals surface area (Å²) in [5, 5.41) is 7.74. The lowest BCUT2D eigenvalue weighted by molar-refractivity contribution is 0.619. The van der Waals surface area contributed by atoms with E-state index >= 15 is 0 Å². The molecule has 23 heavy (non-hydrogen) atoms. The van der Waals surface area contributed by atoms with Gasteiger partial charge in [0.2, 0.25) is 5.89 Å². The second-order valence-electron chi connectivity index (χ2n) is 5.49. The average molecular weight is 304 g/mol. The van der Waals surface area contributed by atoms with Gasteiger partial charge < -0.3 is 4.42 Å². The third-order valence-electron chi connectivity index (χ3n) is 4.09. The van der Waals surface area contributed by atoms with E-state index in [2.05, 4.69) is 41.2 Å². The molecule has 0 amide bonds. The van der Waals surface area contributed by atoms with Gasteiger partial charge in [-0.15, -0.1) is 10.2 Å². The molecule has 0 radical (unpaired) electrons. The molecular formula is C18H16N4O. The van der Waals surface area contributed by atoms with E-state index in [-0.39, 0.29) is 0 Å². The summed E-state index contributed by atoms with van der Waals surface area (Å²) in [4.78, 5) is 4.67. The normalized spacial score (nSPS) is 11.2. The van der Waals surface area contributed by atoms with Crippen molar-refractivity contribution in [2.75, 3.05) is 0 Å². The first-order valence-electron chi connectivity index (χ1n) is 7.60. The summed E-state index contributed by atoms with van der Waals surface area (Å²) in [5.74, 6) is 0.640. The quantitative estimate of drug-likeness (QED) is 0.575. The molecule has 4 aromatic rings. The Morgan fingerprint density at radius 3 is 2.70 bits per heavy atom. The minimum absolute atomic E-state index is 0.640. The van der Waals surface area contributed by atoms with E-state index in [0.717, 1.165) is 34.3 Å². The fraction of sp³-hybridized carbons (Fsp3) is 0.167. The summed E-state index contributed by atoms with van der Waals surface area (Å²) in [6, 6.07) is 12.2. The van der Waals surface area contributed by atoms with Gasteiger partial charge in [0.05, 0.1) is 5.69 Å². The molecule has 2 heterocycles. The fourth-order valence-electron chi connectivity index (χ4n) is 2.77. The van der Waals surface area contributed by atoms with Gasteiger partial charge in [0, 0.05) is 5.56 Å². The zero-order valence-electron chi connectivity index (χ0n) is 13.0. The highest BCUT2D eigenvalue weighted by Gasteiger charge is 2.13. The van der Waals surface area contributed by atoms with Gasteiger partial charge in [-0.1, -0.05) is 19.1 Å². The number of aryl methyl sites for hydroxylation is 1. The molecule has 0 N–H and O–H groups in total. The minimum atomic E-state index is 0.640. The molecule has 2 aromatic heterocycles. The Hall–Kier alpha value is -2.95. The Morgan fingerprint density at radius 1 is 1.09 bits per heavy atom. The Bertz CT molecular complexity index is 970. The van der Waals surface area contributed by atoms with Gasteiger partial charge in [0.25, 0.3) is 0 Å². The first-order valence-corrected chi connectivity index (χ1v) is 7.60. The molecule has 0 aliphatic carbocycles. The molecule has 114 valence electrons. The van der Waals surface area contributed by atoms with E-state index in [1.165, 1.54) is 5.56 Å². The molecule has 0 unspecified atom stereocenters. The maximum Gasteiger partial charge on any atom is 0.227 e. The van der Waals surface area contributed by atoms with Gasteiger partial charge in [0.15, 0.2) is 5.58 Å². The van der Waals surface area contributed by atoms with Crippen molar-refractivity contribution in [1.82, 2.24) is 19.7 Å². The lowest BCUT2D eigenvalue weighted by Crippen LogP contribution is -1.96. The second-order valence-corrected chi connectivity index (χ2v) is 5.49. The maximum atomic E-state index is 5.96. The van der Waals surface area contributed by atoms with Crippen molar-refractivity contribution in [1.29, 1.82) is 0 Å². The van der Waals surface area contributed by atoms with Crippen LogP contribution in [-0.4, -0.2) is 19.7 Å². The molecule has 0 fully saturated rings. The van der Waals surface area contributed by atoms with Gasteiger partial charge in [-0.25, -0.2) is 4.98 Å². The average Bonchev–Trinajstić information content (AvgIpc) is 3.23. The van der Waals surface area contributed by atoms with Crippen molar-refractivity contribution in [2.45, 2.75) is 20.3 Å². The van der Waals surface area contributed by atoms with Gasteiger partial charge in [-0.3, -0.25) is 4.57 Å². The molecule has 0 saturated carbocycles. The van der Waals surface area contributed by atoms with E-state index in [9.17, 15) is 0 Å². The van der Waals surface area contributed by atoms with Crippen molar-refractivity contribution in [2.24, 2.45) is 0 Å². The number of aromatic nitrogens is 4. The van der Waals surface area contributed by atoms with Crippen LogP contribution in [0.5, 0.6) is 0 Å². The summed E-state index contributed by atoms with van der Waals surface area (Å²) in [6.45, 7) is 4.19. The smallest absolute Gasteiger partial charge is 0.227 e. The third-order valence-corrected chi connectivity index (χ3v) is 4.09. The highest BCUT2D eigenvalue weighted by atomic mass is 16.3. The Kier molecular flexibility index (Phi) is 3.19. The van der Waals surface area contributed by atoms with Gasteiger partial charge in [-0.2, -0.15) is 0 Å². The lowest BCUT2D eigenvalue weighted by Gasteiger charge is -2.08. The standard InChI is InChI=1S/C18H16N4O/c1-3-13-7-8-17-15(9-13)21-18(23-17)14-5-4-6-16(12(14)2)22-10-19-20-11-22/h4-11H,3H2,1-2H3. The predicted molar refractivity (Wildman–Crippen MR) is 88.5 cm³/mol. The van der Waals surface area contributed by atoms with Crippen LogP contribution in [0.1, 0.15) is 18.1 Å². The van der Waals surface area contributed by atoms with Crippen molar-refractivity contribution >= 4 is 11.1 Å². The van der Waals surface area contributed by atoms with Crippen LogP contribution < -0.4 is 0 Å². The van der Waals surface area contributed by atoms with Crippen molar-refractivity contribution in [3.8, 4) is 17.1 Å². The zero-order chi connectivity index (χ0) is 15.8. The maximum absolute atomic E-state index is 5.96. The Balaban J connectivity index is 1.86. The molecule has 0 saturated heterocycles. The van der Waals surface area contributed by atoms with Crippen LogP contribution in [0.2, 0.25) is 0 Å². The van der Waals surface area contributed by atoms with Crippen LogP contribution in [0, 0.1) is 6.92 Å². The van der Waals surface area contributed by atoms with Crippen molar-refractivity contribution in [3.63, 3.8) is 0 Å². The molecule has 0 bridgehead atoms. The Labute approximate surface area is 133 Å². The molecular weight excluding hydrogens is 288 g/mol. The SMILES string of the molecule is CCc1ccc2oc(-c3cccc(-n4cnnc4)c3C)nc2c1. The first-order chi connectivity index (χ1) is 11.3. The van der Waals surface area contributed by atoms with Crippen LogP contribution in [0.15, 0.2) is 53.5 Å². The number of rotatable bonds is 3. The van der Waals surface area contributed by atoms with Gasteiger partial charge in [0.1, 0.15) is 18.2 Å². The van der Waals surface area contributed by atoms with Crippen LogP contribution >= 0.6 is 0 Å². The summed E-state index contributed by atoms with van der Waals surface area (Å²) in [6.07, 6.45) is 4.36. The summed E-state index contributed by atoms with van der Waals surface area (Å²) in [7, 11) is 0. The van der Waals surface area contributed by atoms with E-state index in [1.807, 2.05) is 28.8 Å². The highest BCUT2D eigenvalue weighted by molar-refractivity contribution is 5.78. The monoisotopic (exact) mass is 304 g/mol. The molecule has 0 atom stereocenters.